The largest absolute Gasteiger partial charge is 0.495 e. The second-order valence-corrected chi connectivity index (χ2v) is 10.6. The standard InChI is InChI=1S/C30H37FN4O3/c1-3-21(22-13-14-26(31)28(16-22)38-19-20-11-12-20)18-35-25(17-32-34-35)9-5-4-7-24-15-23-8-6-10-27(37-2)29(23)33-30(24)36/h6,8,10,13-14,16-17,20-21,24H,3-5,7,9,11-12,15,18-19H2,1-2H3,(H,33,36). The van der Waals surface area contributed by atoms with Crippen LogP contribution in [-0.2, 0) is 24.2 Å². The molecule has 38 heavy (non-hydrogen) atoms. The minimum atomic E-state index is -0.306. The van der Waals surface area contributed by atoms with Gasteiger partial charge in [-0.15, -0.1) is 5.10 Å². The molecule has 1 amide bonds. The predicted molar refractivity (Wildman–Crippen MR) is 144 cm³/mol. The Labute approximate surface area is 223 Å². The fraction of sp³-hybridized carbons (Fsp3) is 0.500. The van der Waals surface area contributed by atoms with Gasteiger partial charge in [0.25, 0.3) is 0 Å². The number of ether oxygens (including phenoxy) is 2. The normalized spacial score (nSPS) is 17.6. The molecule has 0 radical (unpaired) electrons. The van der Waals surface area contributed by atoms with Gasteiger partial charge in [-0.2, -0.15) is 0 Å². The topological polar surface area (TPSA) is 78.3 Å². The summed E-state index contributed by atoms with van der Waals surface area (Å²) < 4.78 is 27.4. The van der Waals surface area contributed by atoms with E-state index in [1.165, 1.54) is 18.9 Å². The molecule has 1 N–H and O–H groups in total. The Morgan fingerprint density at radius 1 is 1.18 bits per heavy atom. The van der Waals surface area contributed by atoms with Crippen LogP contribution in [0.25, 0.3) is 0 Å². The molecule has 2 atom stereocenters. The lowest BCUT2D eigenvalue weighted by Crippen LogP contribution is -2.30. The third kappa shape index (κ3) is 6.17. The summed E-state index contributed by atoms with van der Waals surface area (Å²) in [5.74, 6) is 1.55. The van der Waals surface area contributed by atoms with Crippen molar-refractivity contribution < 1.29 is 18.7 Å². The van der Waals surface area contributed by atoms with E-state index in [1.807, 2.05) is 35.1 Å². The third-order valence-electron chi connectivity index (χ3n) is 7.84. The third-order valence-corrected chi connectivity index (χ3v) is 7.84. The van der Waals surface area contributed by atoms with Crippen molar-refractivity contribution in [2.75, 3.05) is 19.0 Å². The Morgan fingerprint density at radius 2 is 2.05 bits per heavy atom. The van der Waals surface area contributed by atoms with E-state index in [2.05, 4.69) is 28.6 Å². The number of rotatable bonds is 13. The van der Waals surface area contributed by atoms with Crippen molar-refractivity contribution in [3.63, 3.8) is 0 Å². The molecule has 7 nitrogen and oxygen atoms in total. The number of methoxy groups -OCH3 is 1. The summed E-state index contributed by atoms with van der Waals surface area (Å²) in [7, 11) is 1.62. The second kappa shape index (κ2) is 12.0. The highest BCUT2D eigenvalue weighted by atomic mass is 19.1. The zero-order chi connectivity index (χ0) is 26.5. The molecule has 1 saturated carbocycles. The van der Waals surface area contributed by atoms with Crippen molar-refractivity contribution in [3.8, 4) is 11.5 Å². The van der Waals surface area contributed by atoms with Gasteiger partial charge in [0.2, 0.25) is 5.91 Å². The van der Waals surface area contributed by atoms with Crippen LogP contribution in [0.4, 0.5) is 10.1 Å². The molecule has 2 unspecified atom stereocenters. The molecular weight excluding hydrogens is 483 g/mol. The maximum atomic E-state index is 14.3. The number of para-hydroxylation sites is 1. The lowest BCUT2D eigenvalue weighted by molar-refractivity contribution is -0.120. The van der Waals surface area contributed by atoms with Crippen LogP contribution in [0.1, 0.15) is 68.2 Å². The molecular formula is C30H37FN4O3. The molecule has 1 aliphatic carbocycles. The molecule has 1 aliphatic heterocycles. The Kier molecular flexibility index (Phi) is 8.25. The number of benzene rings is 2. The van der Waals surface area contributed by atoms with Gasteiger partial charge in [-0.3, -0.25) is 4.79 Å². The number of hydrogen-bond acceptors (Lipinski definition) is 5. The molecule has 0 spiro atoms. The summed E-state index contributed by atoms with van der Waals surface area (Å²) in [6.07, 6.45) is 9.39. The highest BCUT2D eigenvalue weighted by molar-refractivity contribution is 5.97. The van der Waals surface area contributed by atoms with Gasteiger partial charge in [-0.1, -0.05) is 36.8 Å². The molecule has 2 aliphatic rings. The number of carbonyl (C=O) groups excluding carboxylic acids is 1. The zero-order valence-electron chi connectivity index (χ0n) is 22.3. The summed E-state index contributed by atoms with van der Waals surface area (Å²) >= 11 is 0. The molecule has 1 aromatic heterocycles. The highest BCUT2D eigenvalue weighted by Gasteiger charge is 2.27. The predicted octanol–water partition coefficient (Wildman–Crippen LogP) is 5.93. The fourth-order valence-corrected chi connectivity index (χ4v) is 5.25. The average molecular weight is 521 g/mol. The summed E-state index contributed by atoms with van der Waals surface area (Å²) in [5, 5.41) is 11.5. The quantitative estimate of drug-likeness (QED) is 0.283. The molecule has 0 bridgehead atoms. The van der Waals surface area contributed by atoms with Crippen molar-refractivity contribution in [2.45, 2.75) is 70.8 Å². The van der Waals surface area contributed by atoms with E-state index >= 15 is 0 Å². The number of nitrogens with one attached hydrogen (secondary N) is 1. The minimum absolute atomic E-state index is 0.0306. The van der Waals surface area contributed by atoms with Crippen molar-refractivity contribution in [2.24, 2.45) is 11.8 Å². The van der Waals surface area contributed by atoms with Gasteiger partial charge in [0, 0.05) is 18.4 Å². The number of anilines is 1. The molecule has 5 rings (SSSR count). The molecule has 8 heteroatoms. The minimum Gasteiger partial charge on any atom is -0.495 e. The number of aromatic nitrogens is 3. The molecule has 3 aromatic rings. The number of unbranched alkanes of at least 4 members (excludes halogenated alkanes) is 1. The maximum absolute atomic E-state index is 14.3. The Balaban J connectivity index is 1.14. The lowest BCUT2D eigenvalue weighted by Gasteiger charge is -2.26. The average Bonchev–Trinajstić information content (AvgIpc) is 3.66. The van der Waals surface area contributed by atoms with Crippen molar-refractivity contribution >= 4 is 11.6 Å². The van der Waals surface area contributed by atoms with Gasteiger partial charge < -0.3 is 14.8 Å². The first-order valence-corrected chi connectivity index (χ1v) is 13.8. The van der Waals surface area contributed by atoms with Gasteiger partial charge in [-0.05, 0) is 80.2 Å². The first-order chi connectivity index (χ1) is 18.6. The van der Waals surface area contributed by atoms with E-state index < -0.39 is 0 Å². The summed E-state index contributed by atoms with van der Waals surface area (Å²) in [6.45, 7) is 3.41. The highest BCUT2D eigenvalue weighted by Crippen LogP contribution is 2.35. The summed E-state index contributed by atoms with van der Waals surface area (Å²) in [5.41, 5.74) is 4.07. The van der Waals surface area contributed by atoms with Crippen LogP contribution in [0.3, 0.4) is 0 Å². The smallest absolute Gasteiger partial charge is 0.227 e. The Bertz CT molecular complexity index is 1260. The van der Waals surface area contributed by atoms with E-state index in [0.717, 1.165) is 61.0 Å². The van der Waals surface area contributed by atoms with Gasteiger partial charge in [0.05, 0.1) is 31.3 Å². The van der Waals surface area contributed by atoms with Crippen LogP contribution < -0.4 is 14.8 Å². The molecule has 0 saturated heterocycles. The van der Waals surface area contributed by atoms with Crippen LogP contribution in [0, 0.1) is 17.7 Å². The number of aryl methyl sites for hydroxylation is 1. The van der Waals surface area contributed by atoms with Crippen LogP contribution >= 0.6 is 0 Å². The second-order valence-electron chi connectivity index (χ2n) is 10.6. The van der Waals surface area contributed by atoms with E-state index in [0.29, 0.717) is 30.6 Å². The number of carbonyl (C=O) groups is 1. The van der Waals surface area contributed by atoms with Gasteiger partial charge in [0.1, 0.15) is 5.75 Å². The van der Waals surface area contributed by atoms with Gasteiger partial charge >= 0.3 is 0 Å². The van der Waals surface area contributed by atoms with Crippen LogP contribution in [0.15, 0.2) is 42.6 Å². The van der Waals surface area contributed by atoms with Crippen molar-refractivity contribution in [1.82, 2.24) is 15.0 Å². The maximum Gasteiger partial charge on any atom is 0.227 e. The van der Waals surface area contributed by atoms with E-state index in [4.69, 9.17) is 9.47 Å². The molecule has 1 fully saturated rings. The Morgan fingerprint density at radius 3 is 2.84 bits per heavy atom. The van der Waals surface area contributed by atoms with Crippen molar-refractivity contribution in [1.29, 1.82) is 0 Å². The van der Waals surface area contributed by atoms with E-state index in [1.54, 1.807) is 7.11 Å². The zero-order valence-corrected chi connectivity index (χ0v) is 22.3. The summed E-state index contributed by atoms with van der Waals surface area (Å²) in [6, 6.07) is 11.1. The molecule has 2 heterocycles. The SMILES string of the molecule is CCC(Cn1nncc1CCCCC1Cc2cccc(OC)c2NC1=O)c1ccc(F)c(OCC2CC2)c1. The molecule has 202 valence electrons. The molecule has 2 aromatic carbocycles. The van der Waals surface area contributed by atoms with Crippen molar-refractivity contribution in [3.05, 3.63) is 65.2 Å². The number of hydrogen-bond donors (Lipinski definition) is 1. The van der Waals surface area contributed by atoms with Gasteiger partial charge in [-0.25, -0.2) is 9.07 Å². The van der Waals surface area contributed by atoms with Crippen LogP contribution in [0.5, 0.6) is 11.5 Å². The first-order valence-electron chi connectivity index (χ1n) is 13.8. The Hall–Kier alpha value is -3.42. The van der Waals surface area contributed by atoms with Crippen LogP contribution in [0.2, 0.25) is 0 Å². The number of nitrogens with zero attached hydrogens (tertiary/aromatic N) is 3. The number of fused-ring (bicyclic) bond motifs is 1. The van der Waals surface area contributed by atoms with E-state index in [-0.39, 0.29) is 23.6 Å². The lowest BCUT2D eigenvalue weighted by atomic mass is 9.88. The van der Waals surface area contributed by atoms with E-state index in [9.17, 15) is 9.18 Å². The number of halogens is 1. The monoisotopic (exact) mass is 520 g/mol. The van der Waals surface area contributed by atoms with Gasteiger partial charge in [0.15, 0.2) is 11.6 Å². The van der Waals surface area contributed by atoms with Crippen LogP contribution in [-0.4, -0.2) is 34.6 Å². The number of amides is 1. The summed E-state index contributed by atoms with van der Waals surface area (Å²) in [4.78, 5) is 12.7. The first kappa shape index (κ1) is 26.2. The fourth-order valence-electron chi connectivity index (χ4n) is 5.25.